The van der Waals surface area contributed by atoms with Crippen LogP contribution in [0.4, 0.5) is 0 Å². The van der Waals surface area contributed by atoms with Gasteiger partial charge in [0, 0.05) is 26.2 Å². The lowest BCUT2D eigenvalue weighted by atomic mass is 9.81. The molecule has 2 fully saturated rings. The van der Waals surface area contributed by atoms with Gasteiger partial charge in [-0.15, -0.1) is 0 Å². The van der Waals surface area contributed by atoms with Gasteiger partial charge in [-0.25, -0.2) is 0 Å². The van der Waals surface area contributed by atoms with Crippen LogP contribution >= 0.6 is 0 Å². The Kier molecular flexibility index (Phi) is 4.95. The molecular weight excluding hydrogens is 316 g/mol. The van der Waals surface area contributed by atoms with Crippen LogP contribution in [0.15, 0.2) is 36.4 Å². The number of hydrogen-bond donors (Lipinski definition) is 2. The highest BCUT2D eigenvalue weighted by Crippen LogP contribution is 2.40. The van der Waals surface area contributed by atoms with Crippen molar-refractivity contribution in [3.63, 3.8) is 0 Å². The van der Waals surface area contributed by atoms with Crippen LogP contribution in [-0.2, 0) is 9.59 Å². The number of nitrogens with one attached hydrogen (secondary N) is 1. The standard InChI is InChI=1S/C20H26N2O3/c1-14(2)8-9-16(15-6-4-3-5-7-15)10-22-11-17-18(23)21-12-20(17,13-22)19(24)25/h3-7,9,14,17H,8,10-13H2,1-2H3,(H,21,23)(H,24,25)/t17-,20+/m0/s1. The van der Waals surface area contributed by atoms with Gasteiger partial charge in [0.15, 0.2) is 0 Å². The molecule has 2 aliphatic heterocycles. The maximum atomic E-state index is 12.1. The maximum absolute atomic E-state index is 12.1. The third kappa shape index (κ3) is 3.47. The van der Waals surface area contributed by atoms with Crippen LogP contribution in [0.3, 0.4) is 0 Å². The molecule has 0 aromatic heterocycles. The van der Waals surface area contributed by atoms with Gasteiger partial charge in [0.25, 0.3) is 0 Å². The summed E-state index contributed by atoms with van der Waals surface area (Å²) in [6.07, 6.45) is 3.23. The number of carboxylic acids is 1. The fourth-order valence-corrected chi connectivity index (χ4v) is 3.85. The Balaban J connectivity index is 1.80. The molecule has 5 heteroatoms. The predicted molar refractivity (Wildman–Crippen MR) is 96.9 cm³/mol. The lowest BCUT2D eigenvalue weighted by molar-refractivity contribution is -0.149. The van der Waals surface area contributed by atoms with Crippen LogP contribution < -0.4 is 5.32 Å². The number of fused-ring (bicyclic) bond motifs is 1. The Morgan fingerprint density at radius 1 is 1.40 bits per heavy atom. The molecule has 0 unspecified atom stereocenters. The number of benzene rings is 1. The van der Waals surface area contributed by atoms with Crippen molar-refractivity contribution in [2.45, 2.75) is 20.3 Å². The maximum Gasteiger partial charge on any atom is 0.313 e. The molecule has 1 amide bonds. The molecule has 1 aromatic carbocycles. The van der Waals surface area contributed by atoms with Gasteiger partial charge in [-0.3, -0.25) is 14.5 Å². The third-order valence-electron chi connectivity index (χ3n) is 5.31. The number of rotatable bonds is 6. The first-order valence-corrected chi connectivity index (χ1v) is 8.90. The van der Waals surface area contributed by atoms with E-state index in [0.717, 1.165) is 12.0 Å². The summed E-state index contributed by atoms with van der Waals surface area (Å²) in [4.78, 5) is 26.0. The molecule has 0 aliphatic carbocycles. The van der Waals surface area contributed by atoms with Crippen LogP contribution in [0.25, 0.3) is 5.57 Å². The average Bonchev–Trinajstić information content (AvgIpc) is 3.10. The zero-order chi connectivity index (χ0) is 18.0. The van der Waals surface area contributed by atoms with Crippen molar-refractivity contribution in [2.75, 3.05) is 26.2 Å². The van der Waals surface area contributed by atoms with Gasteiger partial charge in [-0.05, 0) is 23.5 Å². The number of carbonyl (C=O) groups excluding carboxylic acids is 1. The Morgan fingerprint density at radius 2 is 2.12 bits per heavy atom. The molecule has 2 heterocycles. The SMILES string of the molecule is CC(C)CC=C(CN1C[C@H]2C(=O)NC[C@@]2(C(=O)O)C1)c1ccccc1. The largest absolute Gasteiger partial charge is 0.481 e. The zero-order valence-electron chi connectivity index (χ0n) is 14.9. The molecule has 0 spiro atoms. The van der Waals surface area contributed by atoms with E-state index in [2.05, 4.69) is 42.3 Å². The number of carbonyl (C=O) groups is 2. The Morgan fingerprint density at radius 3 is 2.72 bits per heavy atom. The van der Waals surface area contributed by atoms with Crippen LogP contribution in [0.1, 0.15) is 25.8 Å². The second-order valence-electron chi connectivity index (χ2n) is 7.63. The summed E-state index contributed by atoms with van der Waals surface area (Å²) in [6, 6.07) is 10.2. The molecule has 2 aliphatic rings. The Hall–Kier alpha value is -2.14. The van der Waals surface area contributed by atoms with E-state index in [-0.39, 0.29) is 12.5 Å². The molecule has 0 radical (unpaired) electrons. The molecule has 134 valence electrons. The van der Waals surface area contributed by atoms with Gasteiger partial charge in [-0.1, -0.05) is 50.3 Å². The number of amides is 1. The predicted octanol–water partition coefficient (Wildman–Crippen LogP) is 2.25. The second kappa shape index (κ2) is 7.00. The molecule has 25 heavy (non-hydrogen) atoms. The number of carboxylic acid groups (broad SMARTS) is 1. The van der Waals surface area contributed by atoms with E-state index in [4.69, 9.17) is 0 Å². The Labute approximate surface area is 148 Å². The summed E-state index contributed by atoms with van der Waals surface area (Å²) in [5, 5.41) is 12.4. The van der Waals surface area contributed by atoms with Crippen LogP contribution in [0.2, 0.25) is 0 Å². The molecule has 2 N–H and O–H groups in total. The van der Waals surface area contributed by atoms with E-state index in [0.29, 0.717) is 25.6 Å². The van der Waals surface area contributed by atoms with Gasteiger partial charge < -0.3 is 10.4 Å². The van der Waals surface area contributed by atoms with Crippen molar-refractivity contribution in [3.05, 3.63) is 42.0 Å². The summed E-state index contributed by atoms with van der Waals surface area (Å²) in [5.41, 5.74) is 1.39. The molecular formula is C20H26N2O3. The fraction of sp³-hybridized carbons (Fsp3) is 0.500. The number of allylic oxidation sites excluding steroid dienone is 1. The van der Waals surface area contributed by atoms with E-state index in [1.54, 1.807) is 0 Å². The number of likely N-dealkylation sites (tertiary alicyclic amines) is 1. The van der Waals surface area contributed by atoms with Crippen molar-refractivity contribution in [2.24, 2.45) is 17.3 Å². The quantitative estimate of drug-likeness (QED) is 0.832. The van der Waals surface area contributed by atoms with E-state index >= 15 is 0 Å². The molecule has 0 bridgehead atoms. The highest BCUT2D eigenvalue weighted by atomic mass is 16.4. The van der Waals surface area contributed by atoms with Crippen molar-refractivity contribution in [3.8, 4) is 0 Å². The molecule has 2 saturated heterocycles. The first-order valence-electron chi connectivity index (χ1n) is 8.90. The van der Waals surface area contributed by atoms with E-state index in [1.807, 2.05) is 18.2 Å². The average molecular weight is 342 g/mol. The van der Waals surface area contributed by atoms with Crippen molar-refractivity contribution in [1.82, 2.24) is 10.2 Å². The van der Waals surface area contributed by atoms with E-state index in [1.165, 1.54) is 5.57 Å². The van der Waals surface area contributed by atoms with Gasteiger partial charge in [0.2, 0.25) is 5.91 Å². The second-order valence-corrected chi connectivity index (χ2v) is 7.63. The lowest BCUT2D eigenvalue weighted by Crippen LogP contribution is -2.40. The topological polar surface area (TPSA) is 69.6 Å². The zero-order valence-corrected chi connectivity index (χ0v) is 14.9. The van der Waals surface area contributed by atoms with Gasteiger partial charge >= 0.3 is 5.97 Å². The third-order valence-corrected chi connectivity index (χ3v) is 5.31. The van der Waals surface area contributed by atoms with Gasteiger partial charge in [0.1, 0.15) is 5.41 Å². The molecule has 0 saturated carbocycles. The summed E-state index contributed by atoms with van der Waals surface area (Å²) in [5.74, 6) is -0.886. The van der Waals surface area contributed by atoms with Crippen LogP contribution in [0, 0.1) is 17.3 Å². The van der Waals surface area contributed by atoms with E-state index in [9.17, 15) is 14.7 Å². The minimum absolute atomic E-state index is 0.127. The number of nitrogens with zero attached hydrogens (tertiary/aromatic N) is 1. The first kappa shape index (κ1) is 17.7. The van der Waals surface area contributed by atoms with Crippen LogP contribution in [-0.4, -0.2) is 48.1 Å². The Bertz CT molecular complexity index is 683. The van der Waals surface area contributed by atoms with Gasteiger partial charge in [-0.2, -0.15) is 0 Å². The van der Waals surface area contributed by atoms with Gasteiger partial charge in [0.05, 0.1) is 5.92 Å². The van der Waals surface area contributed by atoms with Crippen molar-refractivity contribution in [1.29, 1.82) is 0 Å². The smallest absolute Gasteiger partial charge is 0.313 e. The summed E-state index contributed by atoms with van der Waals surface area (Å²) in [7, 11) is 0. The monoisotopic (exact) mass is 342 g/mol. The minimum atomic E-state index is -0.975. The first-order chi connectivity index (χ1) is 11.9. The molecule has 2 atom stereocenters. The summed E-state index contributed by atoms with van der Waals surface area (Å²) < 4.78 is 0. The lowest BCUT2D eigenvalue weighted by Gasteiger charge is -2.23. The molecule has 1 aromatic rings. The fourth-order valence-electron chi connectivity index (χ4n) is 3.85. The highest BCUT2D eigenvalue weighted by Gasteiger charge is 2.59. The number of aliphatic carboxylic acids is 1. The number of hydrogen-bond acceptors (Lipinski definition) is 3. The highest BCUT2D eigenvalue weighted by molar-refractivity contribution is 5.92. The minimum Gasteiger partial charge on any atom is -0.481 e. The van der Waals surface area contributed by atoms with Crippen molar-refractivity contribution >= 4 is 17.4 Å². The van der Waals surface area contributed by atoms with E-state index < -0.39 is 17.3 Å². The summed E-state index contributed by atoms with van der Waals surface area (Å²) in [6.45, 7) is 6.20. The molecule has 3 rings (SSSR count). The van der Waals surface area contributed by atoms with Crippen molar-refractivity contribution < 1.29 is 14.7 Å². The van der Waals surface area contributed by atoms with Crippen LogP contribution in [0.5, 0.6) is 0 Å². The normalized spacial score (nSPS) is 26.8. The molecule has 5 nitrogen and oxygen atoms in total. The summed E-state index contributed by atoms with van der Waals surface area (Å²) >= 11 is 0.